The average Bonchev–Trinajstić information content (AvgIpc) is 2.36. The fourth-order valence-electron chi connectivity index (χ4n) is 1.58. The number of rotatable bonds is 3. The molecule has 0 saturated heterocycles. The summed E-state index contributed by atoms with van der Waals surface area (Å²) in [6, 6.07) is 9.36. The molecule has 5 heteroatoms. The van der Waals surface area contributed by atoms with E-state index in [1.165, 1.54) is 30.0 Å². The molecule has 3 N–H and O–H groups in total. The van der Waals surface area contributed by atoms with E-state index in [9.17, 15) is 9.18 Å². The highest BCUT2D eigenvalue weighted by atomic mass is 32.2. The molecule has 0 heterocycles. The Morgan fingerprint density at radius 3 is 2.58 bits per heavy atom. The second-order valence-electron chi connectivity index (χ2n) is 4.07. The van der Waals surface area contributed by atoms with Gasteiger partial charge in [0.2, 0.25) is 0 Å². The van der Waals surface area contributed by atoms with Gasteiger partial charge >= 0.3 is 5.97 Å². The van der Waals surface area contributed by atoms with Crippen molar-refractivity contribution in [2.75, 3.05) is 5.73 Å². The Balaban J connectivity index is 2.28. The first-order valence-corrected chi connectivity index (χ1v) is 6.36. The van der Waals surface area contributed by atoms with Gasteiger partial charge in [-0.2, -0.15) is 0 Å². The first-order valence-electron chi connectivity index (χ1n) is 5.54. The van der Waals surface area contributed by atoms with Gasteiger partial charge in [-0.25, -0.2) is 9.18 Å². The molecule has 0 radical (unpaired) electrons. The summed E-state index contributed by atoms with van der Waals surface area (Å²) in [4.78, 5) is 12.4. The van der Waals surface area contributed by atoms with E-state index in [-0.39, 0.29) is 11.4 Å². The Morgan fingerprint density at radius 2 is 2.00 bits per heavy atom. The smallest absolute Gasteiger partial charge is 0.335 e. The number of benzene rings is 2. The van der Waals surface area contributed by atoms with Gasteiger partial charge in [-0.3, -0.25) is 0 Å². The van der Waals surface area contributed by atoms with Crippen LogP contribution < -0.4 is 5.73 Å². The van der Waals surface area contributed by atoms with Crippen molar-refractivity contribution in [2.45, 2.75) is 16.7 Å². The van der Waals surface area contributed by atoms with Gasteiger partial charge in [0.25, 0.3) is 0 Å². The molecule has 0 saturated carbocycles. The lowest BCUT2D eigenvalue weighted by Gasteiger charge is -2.07. The van der Waals surface area contributed by atoms with Gasteiger partial charge in [-0.1, -0.05) is 11.8 Å². The number of aryl methyl sites for hydroxylation is 1. The molecule has 0 aliphatic heterocycles. The monoisotopic (exact) mass is 277 g/mol. The summed E-state index contributed by atoms with van der Waals surface area (Å²) in [5.41, 5.74) is 6.92. The second-order valence-corrected chi connectivity index (χ2v) is 5.19. The fraction of sp³-hybridized carbons (Fsp3) is 0.0714. The highest BCUT2D eigenvalue weighted by Crippen LogP contribution is 2.33. The maximum atomic E-state index is 13.2. The number of carboxylic acids is 1. The molecule has 2 rings (SSSR count). The molecule has 0 spiro atoms. The molecule has 0 bridgehead atoms. The van der Waals surface area contributed by atoms with Gasteiger partial charge in [0, 0.05) is 15.5 Å². The van der Waals surface area contributed by atoms with E-state index in [1.807, 2.05) is 0 Å². The van der Waals surface area contributed by atoms with Crippen LogP contribution in [0.5, 0.6) is 0 Å². The van der Waals surface area contributed by atoms with E-state index >= 15 is 0 Å². The molecule has 0 amide bonds. The molecule has 0 aliphatic rings. The van der Waals surface area contributed by atoms with Crippen LogP contribution in [0.25, 0.3) is 0 Å². The fourth-order valence-corrected chi connectivity index (χ4v) is 2.52. The van der Waals surface area contributed by atoms with Crippen molar-refractivity contribution in [1.29, 1.82) is 0 Å². The molecule has 0 atom stereocenters. The van der Waals surface area contributed by atoms with Gasteiger partial charge in [-0.05, 0) is 48.9 Å². The Morgan fingerprint density at radius 1 is 1.26 bits per heavy atom. The van der Waals surface area contributed by atoms with Crippen LogP contribution >= 0.6 is 11.8 Å². The summed E-state index contributed by atoms with van der Waals surface area (Å²) < 4.78 is 13.2. The second kappa shape index (κ2) is 5.32. The third kappa shape index (κ3) is 3.06. The first-order chi connectivity index (χ1) is 8.97. The van der Waals surface area contributed by atoms with E-state index in [4.69, 9.17) is 10.8 Å². The van der Waals surface area contributed by atoms with Crippen LogP contribution in [0.15, 0.2) is 46.2 Å². The molecular weight excluding hydrogens is 265 g/mol. The Labute approximate surface area is 114 Å². The summed E-state index contributed by atoms with van der Waals surface area (Å²) in [5.74, 6) is -1.26. The third-order valence-corrected chi connectivity index (χ3v) is 3.70. The largest absolute Gasteiger partial charge is 0.478 e. The topological polar surface area (TPSA) is 63.3 Å². The summed E-state index contributed by atoms with van der Waals surface area (Å²) in [5, 5.41) is 8.85. The minimum Gasteiger partial charge on any atom is -0.478 e. The number of carboxylic acid groups (broad SMARTS) is 1. The quantitative estimate of drug-likeness (QED) is 0.842. The van der Waals surface area contributed by atoms with Crippen molar-refractivity contribution in [2.24, 2.45) is 0 Å². The summed E-state index contributed by atoms with van der Waals surface area (Å²) in [6.07, 6.45) is 0. The molecule has 98 valence electrons. The van der Waals surface area contributed by atoms with Gasteiger partial charge in [0.05, 0.1) is 5.56 Å². The van der Waals surface area contributed by atoms with E-state index in [0.29, 0.717) is 11.3 Å². The lowest BCUT2D eigenvalue weighted by atomic mass is 10.2. The molecule has 0 unspecified atom stereocenters. The van der Waals surface area contributed by atoms with Gasteiger partial charge in [0.1, 0.15) is 5.82 Å². The zero-order chi connectivity index (χ0) is 14.0. The summed E-state index contributed by atoms with van der Waals surface area (Å²) >= 11 is 1.37. The van der Waals surface area contributed by atoms with Crippen LogP contribution in [0.4, 0.5) is 10.1 Å². The summed E-state index contributed by atoms with van der Waals surface area (Å²) in [7, 11) is 0. The zero-order valence-electron chi connectivity index (χ0n) is 10.2. The summed E-state index contributed by atoms with van der Waals surface area (Å²) in [6.45, 7) is 1.69. The number of anilines is 1. The van der Waals surface area contributed by atoms with E-state index in [2.05, 4.69) is 0 Å². The van der Waals surface area contributed by atoms with Crippen molar-refractivity contribution >= 4 is 23.4 Å². The Bertz CT molecular complexity index is 643. The molecule has 0 aliphatic carbocycles. The van der Waals surface area contributed by atoms with Crippen LogP contribution in [0.3, 0.4) is 0 Å². The standard InChI is InChI=1S/C14H12FNO2S/c1-8-6-10(3-4-11(8)15)19-13-5-2-9(14(17)18)7-12(13)16/h2-7H,16H2,1H3,(H,17,18). The minimum absolute atomic E-state index is 0.150. The van der Waals surface area contributed by atoms with Crippen LogP contribution in [-0.2, 0) is 0 Å². The third-order valence-electron chi connectivity index (χ3n) is 2.61. The van der Waals surface area contributed by atoms with Gasteiger partial charge < -0.3 is 10.8 Å². The predicted octanol–water partition coefficient (Wildman–Crippen LogP) is 3.57. The lowest BCUT2D eigenvalue weighted by Crippen LogP contribution is -1.98. The lowest BCUT2D eigenvalue weighted by molar-refractivity contribution is 0.0697. The number of nitrogens with two attached hydrogens (primary N) is 1. The Kier molecular flexibility index (Phi) is 3.76. The highest BCUT2D eigenvalue weighted by Gasteiger charge is 2.08. The normalized spacial score (nSPS) is 10.4. The van der Waals surface area contributed by atoms with E-state index < -0.39 is 5.97 Å². The van der Waals surface area contributed by atoms with Crippen molar-refractivity contribution in [3.63, 3.8) is 0 Å². The van der Waals surface area contributed by atoms with E-state index in [0.717, 1.165) is 9.79 Å². The Hall–Kier alpha value is -2.01. The zero-order valence-corrected chi connectivity index (χ0v) is 11.0. The van der Waals surface area contributed by atoms with Crippen LogP contribution in [0.1, 0.15) is 15.9 Å². The number of aromatic carboxylic acids is 1. The average molecular weight is 277 g/mol. The molecule has 0 aromatic heterocycles. The molecule has 19 heavy (non-hydrogen) atoms. The van der Waals surface area contributed by atoms with Crippen molar-refractivity contribution in [1.82, 2.24) is 0 Å². The minimum atomic E-state index is -1.01. The number of nitrogen functional groups attached to an aromatic ring is 1. The van der Waals surface area contributed by atoms with Gasteiger partial charge in [-0.15, -0.1) is 0 Å². The molecule has 0 fully saturated rings. The maximum Gasteiger partial charge on any atom is 0.335 e. The van der Waals surface area contributed by atoms with E-state index in [1.54, 1.807) is 25.1 Å². The van der Waals surface area contributed by atoms with Crippen molar-refractivity contribution in [3.8, 4) is 0 Å². The molecule has 2 aromatic rings. The van der Waals surface area contributed by atoms with Crippen LogP contribution in [-0.4, -0.2) is 11.1 Å². The number of carbonyl (C=O) groups is 1. The molecule has 3 nitrogen and oxygen atoms in total. The van der Waals surface area contributed by atoms with Gasteiger partial charge in [0.15, 0.2) is 0 Å². The molecular formula is C14H12FNO2S. The SMILES string of the molecule is Cc1cc(Sc2ccc(C(=O)O)cc2N)ccc1F. The molecule has 2 aromatic carbocycles. The van der Waals surface area contributed by atoms with Crippen molar-refractivity contribution in [3.05, 3.63) is 53.3 Å². The predicted molar refractivity (Wildman–Crippen MR) is 73.1 cm³/mol. The van der Waals surface area contributed by atoms with Crippen molar-refractivity contribution < 1.29 is 14.3 Å². The maximum absolute atomic E-state index is 13.2. The van der Waals surface area contributed by atoms with Crippen LogP contribution in [0.2, 0.25) is 0 Å². The highest BCUT2D eigenvalue weighted by molar-refractivity contribution is 7.99. The number of hydrogen-bond acceptors (Lipinski definition) is 3. The number of hydrogen-bond donors (Lipinski definition) is 2. The van der Waals surface area contributed by atoms with Crippen LogP contribution in [0, 0.1) is 12.7 Å². The number of halogens is 1. The first kappa shape index (κ1) is 13.4.